The van der Waals surface area contributed by atoms with Gasteiger partial charge in [-0.05, 0) is 43.0 Å². The molecule has 0 bridgehead atoms. The van der Waals surface area contributed by atoms with Crippen LogP contribution in [0.2, 0.25) is 0 Å². The summed E-state index contributed by atoms with van der Waals surface area (Å²) in [5.41, 5.74) is 5.26. The smallest absolute Gasteiger partial charge is 0.258 e. The second-order valence-electron chi connectivity index (χ2n) is 5.00. The molecule has 1 amide bonds. The Morgan fingerprint density at radius 1 is 1.05 bits per heavy atom. The Balaban J connectivity index is 2.01. The van der Waals surface area contributed by atoms with Crippen LogP contribution in [-0.4, -0.2) is 16.1 Å². The van der Waals surface area contributed by atoms with E-state index in [1.54, 1.807) is 0 Å². The van der Waals surface area contributed by atoms with E-state index in [1.165, 1.54) is 17.3 Å². The molecular weight excluding hydrogens is 240 g/mol. The summed E-state index contributed by atoms with van der Waals surface area (Å²) in [7, 11) is 0. The maximum atomic E-state index is 12.0. The highest BCUT2D eigenvalue weighted by molar-refractivity contribution is 6.00. The summed E-state index contributed by atoms with van der Waals surface area (Å²) in [6.07, 6.45) is 1.31. The second kappa shape index (κ2) is 4.12. The summed E-state index contributed by atoms with van der Waals surface area (Å²) < 4.78 is 0. The number of hydrogen-bond donors (Lipinski definition) is 3. The quantitative estimate of drug-likeness (QED) is 0.732. The Bertz CT molecular complexity index is 659. The van der Waals surface area contributed by atoms with Crippen LogP contribution >= 0.6 is 0 Å². The summed E-state index contributed by atoms with van der Waals surface area (Å²) in [6, 6.07) is 4.25. The third-order valence-corrected chi connectivity index (χ3v) is 3.64. The average Bonchev–Trinajstić information content (AvgIpc) is 2.82. The molecular formula is C14H16N4O. The number of benzene rings is 1. The average molecular weight is 256 g/mol. The van der Waals surface area contributed by atoms with Crippen LogP contribution in [0, 0.1) is 20.8 Å². The molecule has 1 aliphatic rings. The van der Waals surface area contributed by atoms with Crippen LogP contribution in [0.25, 0.3) is 0 Å². The lowest BCUT2D eigenvalue weighted by Gasteiger charge is -2.27. The van der Waals surface area contributed by atoms with E-state index in [0.29, 0.717) is 11.4 Å². The van der Waals surface area contributed by atoms with E-state index in [0.717, 1.165) is 11.1 Å². The number of hydrogen-bond acceptors (Lipinski definition) is 3. The first-order chi connectivity index (χ1) is 9.06. The Labute approximate surface area is 111 Å². The molecule has 1 aliphatic heterocycles. The molecule has 0 radical (unpaired) electrons. The SMILES string of the molecule is Cc1cc(C)c(C2NC(=O)c3cn[nH]c3N2)cc1C. The van der Waals surface area contributed by atoms with Crippen molar-refractivity contribution in [3.63, 3.8) is 0 Å². The molecule has 98 valence electrons. The number of nitrogens with one attached hydrogen (secondary N) is 3. The van der Waals surface area contributed by atoms with Crippen molar-refractivity contribution in [2.75, 3.05) is 5.32 Å². The third kappa shape index (κ3) is 1.87. The number of fused-ring (bicyclic) bond motifs is 1. The molecule has 0 saturated heterocycles. The number of H-pyrrole nitrogens is 1. The molecule has 3 N–H and O–H groups in total. The number of amides is 1. The molecule has 0 fully saturated rings. The van der Waals surface area contributed by atoms with E-state index < -0.39 is 0 Å². The molecule has 3 rings (SSSR count). The zero-order valence-corrected chi connectivity index (χ0v) is 11.2. The number of rotatable bonds is 1. The van der Waals surface area contributed by atoms with Gasteiger partial charge in [0, 0.05) is 0 Å². The number of anilines is 1. The van der Waals surface area contributed by atoms with Gasteiger partial charge in [0.15, 0.2) is 0 Å². The van der Waals surface area contributed by atoms with Gasteiger partial charge in [-0.1, -0.05) is 12.1 Å². The first kappa shape index (κ1) is 11.8. The Kier molecular flexibility index (Phi) is 2.55. The zero-order chi connectivity index (χ0) is 13.6. The van der Waals surface area contributed by atoms with Gasteiger partial charge in [0.05, 0.1) is 6.20 Å². The molecule has 19 heavy (non-hydrogen) atoms. The van der Waals surface area contributed by atoms with Gasteiger partial charge < -0.3 is 10.6 Å². The molecule has 1 aromatic heterocycles. The van der Waals surface area contributed by atoms with Gasteiger partial charge >= 0.3 is 0 Å². The summed E-state index contributed by atoms with van der Waals surface area (Å²) in [5.74, 6) is 0.566. The van der Waals surface area contributed by atoms with Crippen LogP contribution in [0.3, 0.4) is 0 Å². The van der Waals surface area contributed by atoms with Crippen LogP contribution in [0.15, 0.2) is 18.3 Å². The fraction of sp³-hybridized carbons (Fsp3) is 0.286. The Morgan fingerprint density at radius 3 is 2.58 bits per heavy atom. The standard InChI is InChI=1S/C14H16N4O/c1-7-4-9(3)10(5-8(7)2)12-16-13-11(6-15-18-13)14(19)17-12/h4-6,12H,1-3H3,(H,17,19)(H2,15,16,18). The molecule has 1 aromatic carbocycles. The number of carbonyl (C=O) groups is 1. The van der Waals surface area contributed by atoms with Gasteiger partial charge in [-0.2, -0.15) is 5.10 Å². The van der Waals surface area contributed by atoms with E-state index in [-0.39, 0.29) is 12.1 Å². The van der Waals surface area contributed by atoms with Crippen molar-refractivity contribution in [2.45, 2.75) is 26.9 Å². The van der Waals surface area contributed by atoms with Crippen molar-refractivity contribution >= 4 is 11.7 Å². The second-order valence-corrected chi connectivity index (χ2v) is 5.00. The number of nitrogens with zero attached hydrogens (tertiary/aromatic N) is 1. The van der Waals surface area contributed by atoms with E-state index in [1.807, 2.05) is 0 Å². The van der Waals surface area contributed by atoms with Crippen LogP contribution in [0.1, 0.15) is 38.8 Å². The van der Waals surface area contributed by atoms with Crippen LogP contribution in [0.4, 0.5) is 5.82 Å². The van der Waals surface area contributed by atoms with E-state index >= 15 is 0 Å². The maximum absolute atomic E-state index is 12.0. The molecule has 1 unspecified atom stereocenters. The van der Waals surface area contributed by atoms with Gasteiger partial charge in [-0.25, -0.2) is 0 Å². The van der Waals surface area contributed by atoms with Crippen molar-refractivity contribution in [3.8, 4) is 0 Å². The number of aryl methyl sites for hydroxylation is 3. The van der Waals surface area contributed by atoms with Gasteiger partial charge in [-0.3, -0.25) is 9.89 Å². The highest BCUT2D eigenvalue weighted by atomic mass is 16.2. The molecule has 2 aromatic rings. The zero-order valence-electron chi connectivity index (χ0n) is 11.2. The fourth-order valence-corrected chi connectivity index (χ4v) is 2.41. The van der Waals surface area contributed by atoms with E-state index in [9.17, 15) is 4.79 Å². The van der Waals surface area contributed by atoms with Crippen LogP contribution in [-0.2, 0) is 0 Å². The number of aromatic amines is 1. The van der Waals surface area contributed by atoms with E-state index in [4.69, 9.17) is 0 Å². The monoisotopic (exact) mass is 256 g/mol. The summed E-state index contributed by atoms with van der Waals surface area (Å²) in [4.78, 5) is 12.0. The number of carbonyl (C=O) groups excluding carboxylic acids is 1. The molecule has 5 nitrogen and oxygen atoms in total. The lowest BCUT2D eigenvalue weighted by molar-refractivity contribution is 0.0935. The minimum absolute atomic E-state index is 0.106. The van der Waals surface area contributed by atoms with Crippen LogP contribution in [0.5, 0.6) is 0 Å². The fourth-order valence-electron chi connectivity index (χ4n) is 2.41. The van der Waals surface area contributed by atoms with E-state index in [2.05, 4.69) is 53.7 Å². The third-order valence-electron chi connectivity index (χ3n) is 3.64. The Hall–Kier alpha value is -2.30. The summed E-state index contributed by atoms with van der Waals surface area (Å²) in [6.45, 7) is 6.22. The van der Waals surface area contributed by atoms with Crippen molar-refractivity contribution in [1.29, 1.82) is 0 Å². The molecule has 0 saturated carbocycles. The highest BCUT2D eigenvalue weighted by Gasteiger charge is 2.27. The van der Waals surface area contributed by atoms with Gasteiger partial charge in [0.25, 0.3) is 5.91 Å². The Morgan fingerprint density at radius 2 is 1.79 bits per heavy atom. The van der Waals surface area contributed by atoms with Crippen LogP contribution < -0.4 is 10.6 Å². The van der Waals surface area contributed by atoms with Gasteiger partial charge in [-0.15, -0.1) is 0 Å². The predicted molar refractivity (Wildman–Crippen MR) is 73.1 cm³/mol. The first-order valence-electron chi connectivity index (χ1n) is 6.25. The largest absolute Gasteiger partial charge is 0.346 e. The molecule has 2 heterocycles. The summed E-state index contributed by atoms with van der Waals surface area (Å²) in [5, 5.41) is 12.9. The molecule has 0 aliphatic carbocycles. The predicted octanol–water partition coefficient (Wildman–Crippen LogP) is 2.19. The number of aromatic nitrogens is 2. The highest BCUT2D eigenvalue weighted by Crippen LogP contribution is 2.27. The lowest BCUT2D eigenvalue weighted by atomic mass is 9.98. The van der Waals surface area contributed by atoms with Crippen molar-refractivity contribution < 1.29 is 4.79 Å². The van der Waals surface area contributed by atoms with Gasteiger partial charge in [0.2, 0.25) is 0 Å². The summed E-state index contributed by atoms with van der Waals surface area (Å²) >= 11 is 0. The molecule has 5 heteroatoms. The molecule has 0 spiro atoms. The van der Waals surface area contributed by atoms with Crippen molar-refractivity contribution in [3.05, 3.63) is 46.1 Å². The van der Waals surface area contributed by atoms with Gasteiger partial charge in [0.1, 0.15) is 17.5 Å². The lowest BCUT2D eigenvalue weighted by Crippen LogP contribution is -2.38. The topological polar surface area (TPSA) is 69.8 Å². The normalized spacial score (nSPS) is 17.6. The maximum Gasteiger partial charge on any atom is 0.258 e. The minimum Gasteiger partial charge on any atom is -0.346 e. The van der Waals surface area contributed by atoms with Crippen molar-refractivity contribution in [2.24, 2.45) is 0 Å². The molecule has 1 atom stereocenters. The van der Waals surface area contributed by atoms with Crippen molar-refractivity contribution in [1.82, 2.24) is 15.5 Å². The first-order valence-corrected chi connectivity index (χ1v) is 6.25. The minimum atomic E-state index is -0.222.